The van der Waals surface area contributed by atoms with Gasteiger partial charge in [0.25, 0.3) is 0 Å². The summed E-state index contributed by atoms with van der Waals surface area (Å²) in [6.07, 6.45) is 3.15. The molecule has 0 aromatic heterocycles. The van der Waals surface area contributed by atoms with Crippen molar-refractivity contribution in [2.75, 3.05) is 19.7 Å². The third-order valence-electron chi connectivity index (χ3n) is 2.97. The summed E-state index contributed by atoms with van der Waals surface area (Å²) in [5, 5.41) is 3.29. The van der Waals surface area contributed by atoms with E-state index in [9.17, 15) is 4.39 Å². The number of hydrogen-bond donors (Lipinski definition) is 1. The van der Waals surface area contributed by atoms with Crippen molar-refractivity contribution in [1.82, 2.24) is 5.32 Å². The van der Waals surface area contributed by atoms with Crippen LogP contribution in [0.3, 0.4) is 0 Å². The van der Waals surface area contributed by atoms with E-state index >= 15 is 0 Å². The molecule has 2 rings (SSSR count). The van der Waals surface area contributed by atoms with Crippen molar-refractivity contribution in [3.8, 4) is 0 Å². The molecule has 0 radical (unpaired) electrons. The summed E-state index contributed by atoms with van der Waals surface area (Å²) in [4.78, 5) is 0. The van der Waals surface area contributed by atoms with Gasteiger partial charge in [0.2, 0.25) is 0 Å². The summed E-state index contributed by atoms with van der Waals surface area (Å²) < 4.78 is 19.0. The molecule has 0 saturated carbocycles. The van der Waals surface area contributed by atoms with Gasteiger partial charge in [-0.2, -0.15) is 0 Å². The van der Waals surface area contributed by atoms with Crippen LogP contribution < -0.4 is 5.32 Å². The number of piperidine rings is 1. The Labute approximate surface area is 95.8 Å². The van der Waals surface area contributed by atoms with E-state index in [4.69, 9.17) is 4.74 Å². The van der Waals surface area contributed by atoms with E-state index in [1.54, 1.807) is 6.07 Å². The Morgan fingerprint density at radius 3 is 2.75 bits per heavy atom. The SMILES string of the molecule is Fc1ccccc1CCOC1CCNCC1. The van der Waals surface area contributed by atoms with Crippen LogP contribution in [0.15, 0.2) is 24.3 Å². The van der Waals surface area contributed by atoms with Gasteiger partial charge in [-0.25, -0.2) is 4.39 Å². The highest BCUT2D eigenvalue weighted by molar-refractivity contribution is 5.17. The number of hydrogen-bond acceptors (Lipinski definition) is 2. The quantitative estimate of drug-likeness (QED) is 0.844. The number of ether oxygens (including phenoxy) is 1. The van der Waals surface area contributed by atoms with Gasteiger partial charge in [0.05, 0.1) is 12.7 Å². The van der Waals surface area contributed by atoms with E-state index < -0.39 is 0 Å². The maximum Gasteiger partial charge on any atom is 0.126 e. The van der Waals surface area contributed by atoms with Crippen molar-refractivity contribution in [2.24, 2.45) is 0 Å². The number of nitrogens with one attached hydrogen (secondary N) is 1. The summed E-state index contributed by atoms with van der Waals surface area (Å²) in [7, 11) is 0. The highest BCUT2D eigenvalue weighted by Gasteiger charge is 2.12. The zero-order valence-corrected chi connectivity index (χ0v) is 9.42. The van der Waals surface area contributed by atoms with Crippen molar-refractivity contribution in [1.29, 1.82) is 0 Å². The van der Waals surface area contributed by atoms with E-state index in [2.05, 4.69) is 5.32 Å². The predicted octanol–water partition coefficient (Wildman–Crippen LogP) is 2.14. The van der Waals surface area contributed by atoms with Crippen LogP contribution in [0.4, 0.5) is 4.39 Å². The van der Waals surface area contributed by atoms with E-state index in [-0.39, 0.29) is 5.82 Å². The van der Waals surface area contributed by atoms with Gasteiger partial charge >= 0.3 is 0 Å². The first-order valence-electron chi connectivity index (χ1n) is 5.92. The first-order chi connectivity index (χ1) is 7.86. The van der Waals surface area contributed by atoms with Crippen LogP contribution in [0.5, 0.6) is 0 Å². The molecule has 1 aromatic rings. The fourth-order valence-corrected chi connectivity index (χ4v) is 2.00. The fourth-order valence-electron chi connectivity index (χ4n) is 2.00. The van der Waals surface area contributed by atoms with E-state index in [1.165, 1.54) is 6.07 Å². The normalized spacial score (nSPS) is 17.6. The van der Waals surface area contributed by atoms with E-state index in [0.717, 1.165) is 31.5 Å². The maximum atomic E-state index is 13.3. The topological polar surface area (TPSA) is 21.3 Å². The van der Waals surface area contributed by atoms with Crippen LogP contribution in [0.25, 0.3) is 0 Å². The molecule has 2 nitrogen and oxygen atoms in total. The Hall–Kier alpha value is -0.930. The van der Waals surface area contributed by atoms with Crippen LogP contribution in [-0.4, -0.2) is 25.8 Å². The van der Waals surface area contributed by atoms with Gasteiger partial charge < -0.3 is 10.1 Å². The van der Waals surface area contributed by atoms with Crippen molar-refractivity contribution >= 4 is 0 Å². The van der Waals surface area contributed by atoms with Gasteiger partial charge in [-0.15, -0.1) is 0 Å². The number of benzene rings is 1. The van der Waals surface area contributed by atoms with Gasteiger partial charge in [-0.3, -0.25) is 0 Å². The van der Waals surface area contributed by atoms with Crippen LogP contribution in [0, 0.1) is 5.82 Å². The average molecular weight is 223 g/mol. The molecule has 0 spiro atoms. The molecule has 0 aliphatic carbocycles. The van der Waals surface area contributed by atoms with E-state index in [1.807, 2.05) is 12.1 Å². The largest absolute Gasteiger partial charge is 0.378 e. The maximum absolute atomic E-state index is 13.3. The van der Waals surface area contributed by atoms with Crippen molar-refractivity contribution in [3.63, 3.8) is 0 Å². The minimum atomic E-state index is -0.128. The molecule has 1 fully saturated rings. The second-order valence-corrected chi connectivity index (χ2v) is 4.16. The van der Waals surface area contributed by atoms with Crippen LogP contribution >= 0.6 is 0 Å². The van der Waals surface area contributed by atoms with E-state index in [0.29, 0.717) is 19.1 Å². The lowest BCUT2D eigenvalue weighted by Crippen LogP contribution is -2.32. The van der Waals surface area contributed by atoms with Crippen molar-refractivity contribution in [3.05, 3.63) is 35.6 Å². The monoisotopic (exact) mass is 223 g/mol. The zero-order chi connectivity index (χ0) is 11.2. The molecule has 1 aliphatic heterocycles. The molecule has 0 unspecified atom stereocenters. The molecular weight excluding hydrogens is 205 g/mol. The number of rotatable bonds is 4. The Bertz CT molecular complexity index is 323. The molecule has 3 heteroatoms. The molecule has 1 N–H and O–H groups in total. The first-order valence-corrected chi connectivity index (χ1v) is 5.92. The smallest absolute Gasteiger partial charge is 0.126 e. The predicted molar refractivity (Wildman–Crippen MR) is 61.9 cm³/mol. The van der Waals surface area contributed by atoms with Crippen LogP contribution in [-0.2, 0) is 11.2 Å². The molecule has 88 valence electrons. The minimum Gasteiger partial charge on any atom is -0.378 e. The standard InChI is InChI=1S/C13H18FNO/c14-13-4-2-1-3-11(13)7-10-16-12-5-8-15-9-6-12/h1-4,12,15H,5-10H2. The third kappa shape index (κ3) is 3.29. The lowest BCUT2D eigenvalue weighted by atomic mass is 10.1. The molecule has 0 amide bonds. The summed E-state index contributed by atoms with van der Waals surface area (Å²) in [6.45, 7) is 2.68. The van der Waals surface area contributed by atoms with Crippen LogP contribution in [0.1, 0.15) is 18.4 Å². The fraction of sp³-hybridized carbons (Fsp3) is 0.538. The Kier molecular flexibility index (Phi) is 4.31. The molecule has 1 saturated heterocycles. The second kappa shape index (κ2) is 5.97. The lowest BCUT2D eigenvalue weighted by Gasteiger charge is -2.22. The van der Waals surface area contributed by atoms with Crippen LogP contribution in [0.2, 0.25) is 0 Å². The van der Waals surface area contributed by atoms with Gasteiger partial charge in [0, 0.05) is 0 Å². The average Bonchev–Trinajstić information content (AvgIpc) is 2.33. The Morgan fingerprint density at radius 2 is 2.00 bits per heavy atom. The summed E-state index contributed by atoms with van der Waals surface area (Å²) in [5.41, 5.74) is 0.747. The molecular formula is C13H18FNO. The number of halogens is 1. The second-order valence-electron chi connectivity index (χ2n) is 4.16. The minimum absolute atomic E-state index is 0.128. The highest BCUT2D eigenvalue weighted by atomic mass is 19.1. The molecule has 1 heterocycles. The molecule has 1 aliphatic rings. The summed E-state index contributed by atoms with van der Waals surface area (Å²) >= 11 is 0. The summed E-state index contributed by atoms with van der Waals surface area (Å²) in [5.74, 6) is -0.128. The Morgan fingerprint density at radius 1 is 1.25 bits per heavy atom. The third-order valence-corrected chi connectivity index (χ3v) is 2.97. The van der Waals surface area contributed by atoms with Gasteiger partial charge in [-0.05, 0) is 44.0 Å². The highest BCUT2D eigenvalue weighted by Crippen LogP contribution is 2.10. The lowest BCUT2D eigenvalue weighted by molar-refractivity contribution is 0.0346. The Balaban J connectivity index is 1.73. The van der Waals surface area contributed by atoms with Gasteiger partial charge in [0.15, 0.2) is 0 Å². The molecule has 0 bridgehead atoms. The van der Waals surface area contributed by atoms with Crippen molar-refractivity contribution in [2.45, 2.75) is 25.4 Å². The first kappa shape index (κ1) is 11.6. The molecule has 16 heavy (non-hydrogen) atoms. The molecule has 1 aromatic carbocycles. The zero-order valence-electron chi connectivity index (χ0n) is 9.42. The summed E-state index contributed by atoms with van der Waals surface area (Å²) in [6, 6.07) is 6.90. The van der Waals surface area contributed by atoms with Gasteiger partial charge in [-0.1, -0.05) is 18.2 Å². The van der Waals surface area contributed by atoms with Gasteiger partial charge in [0.1, 0.15) is 5.82 Å². The van der Waals surface area contributed by atoms with Crippen molar-refractivity contribution < 1.29 is 9.13 Å². The molecule has 0 atom stereocenters.